The van der Waals surface area contributed by atoms with Crippen LogP contribution >= 0.6 is 11.6 Å². The fraction of sp³-hybridized carbons (Fsp3) is 0.263. The Hall–Kier alpha value is -2.81. The predicted molar refractivity (Wildman–Crippen MR) is 101 cm³/mol. The van der Waals surface area contributed by atoms with Crippen LogP contribution in [0.15, 0.2) is 36.4 Å². The molecule has 2 amide bonds. The van der Waals surface area contributed by atoms with Crippen LogP contribution in [0.4, 0.5) is 33.7 Å². The SMILES string of the molecule is CC(C)(C)N(C(=O)O)c1ccc(Cl)c(NC(=O)c2cc(F)cc(C(F)(F)F)c2)c1. The number of hydrogen-bond donors (Lipinski definition) is 2. The number of anilines is 2. The first kappa shape index (κ1) is 22.5. The van der Waals surface area contributed by atoms with Gasteiger partial charge in [0.15, 0.2) is 0 Å². The second-order valence-corrected chi connectivity index (χ2v) is 7.54. The number of alkyl halides is 3. The van der Waals surface area contributed by atoms with E-state index in [-0.39, 0.29) is 22.5 Å². The summed E-state index contributed by atoms with van der Waals surface area (Å²) in [6.07, 6.45) is -6.08. The number of nitrogens with zero attached hydrogens (tertiary/aromatic N) is 1. The fourth-order valence-corrected chi connectivity index (χ4v) is 2.78. The van der Waals surface area contributed by atoms with Gasteiger partial charge in [0, 0.05) is 16.8 Å². The van der Waals surface area contributed by atoms with Gasteiger partial charge in [-0.2, -0.15) is 13.2 Å². The van der Waals surface area contributed by atoms with Crippen LogP contribution in [0, 0.1) is 5.82 Å². The van der Waals surface area contributed by atoms with Gasteiger partial charge < -0.3 is 10.4 Å². The summed E-state index contributed by atoms with van der Waals surface area (Å²) in [5.41, 5.74) is -2.56. The maximum atomic E-state index is 13.5. The summed E-state index contributed by atoms with van der Waals surface area (Å²) in [5, 5.41) is 11.8. The molecule has 0 aliphatic rings. The molecule has 156 valence electrons. The van der Waals surface area contributed by atoms with E-state index in [4.69, 9.17) is 11.6 Å². The molecule has 29 heavy (non-hydrogen) atoms. The molecule has 0 fully saturated rings. The van der Waals surface area contributed by atoms with Gasteiger partial charge in [-0.25, -0.2) is 9.18 Å². The highest BCUT2D eigenvalue weighted by molar-refractivity contribution is 6.34. The Bertz CT molecular complexity index is 955. The van der Waals surface area contributed by atoms with Crippen LogP contribution < -0.4 is 10.2 Å². The van der Waals surface area contributed by atoms with Gasteiger partial charge in [0.05, 0.1) is 16.3 Å². The van der Waals surface area contributed by atoms with Gasteiger partial charge in [-0.3, -0.25) is 9.69 Å². The van der Waals surface area contributed by atoms with Crippen molar-refractivity contribution in [3.05, 3.63) is 58.4 Å². The maximum absolute atomic E-state index is 13.5. The van der Waals surface area contributed by atoms with Gasteiger partial charge in [-0.1, -0.05) is 11.6 Å². The van der Waals surface area contributed by atoms with Crippen LogP contribution in [0.3, 0.4) is 0 Å². The van der Waals surface area contributed by atoms with Crippen molar-refractivity contribution in [2.24, 2.45) is 0 Å². The molecule has 0 radical (unpaired) electrons. The zero-order valence-corrected chi connectivity index (χ0v) is 16.3. The lowest BCUT2D eigenvalue weighted by molar-refractivity contribution is -0.137. The third-order valence-electron chi connectivity index (χ3n) is 3.81. The number of halogens is 5. The fourth-order valence-electron chi connectivity index (χ4n) is 2.61. The standard InChI is InChI=1S/C19H17ClF4N2O3/c1-18(2,3)26(17(28)29)13-4-5-14(20)15(9-13)25-16(27)10-6-11(19(22,23)24)8-12(21)7-10/h4-9H,1-3H3,(H,25,27)(H,28,29). The minimum atomic E-state index is -4.83. The zero-order valence-electron chi connectivity index (χ0n) is 15.6. The van der Waals surface area contributed by atoms with Crippen molar-refractivity contribution in [2.45, 2.75) is 32.5 Å². The van der Waals surface area contributed by atoms with E-state index >= 15 is 0 Å². The first-order valence-electron chi connectivity index (χ1n) is 8.22. The van der Waals surface area contributed by atoms with E-state index in [1.54, 1.807) is 20.8 Å². The van der Waals surface area contributed by atoms with E-state index < -0.39 is 40.7 Å². The Labute approximate surface area is 168 Å². The van der Waals surface area contributed by atoms with Gasteiger partial charge in [0.1, 0.15) is 5.82 Å². The molecule has 0 atom stereocenters. The van der Waals surface area contributed by atoms with Crippen LogP contribution in [0.25, 0.3) is 0 Å². The largest absolute Gasteiger partial charge is 0.465 e. The average Bonchev–Trinajstić information content (AvgIpc) is 2.54. The van der Waals surface area contributed by atoms with E-state index in [1.165, 1.54) is 18.2 Å². The monoisotopic (exact) mass is 432 g/mol. The van der Waals surface area contributed by atoms with Gasteiger partial charge in [-0.05, 0) is 57.2 Å². The average molecular weight is 433 g/mol. The normalized spacial score (nSPS) is 11.9. The molecule has 0 saturated carbocycles. The first-order chi connectivity index (χ1) is 13.2. The lowest BCUT2D eigenvalue weighted by Gasteiger charge is -2.33. The van der Waals surface area contributed by atoms with Gasteiger partial charge in [0.2, 0.25) is 0 Å². The molecule has 0 bridgehead atoms. The molecule has 2 rings (SSSR count). The second-order valence-electron chi connectivity index (χ2n) is 7.13. The summed E-state index contributed by atoms with van der Waals surface area (Å²) in [5.74, 6) is -2.26. The molecule has 0 spiro atoms. The third kappa shape index (κ3) is 5.38. The predicted octanol–water partition coefficient (Wildman–Crippen LogP) is 6.03. The Morgan fingerprint density at radius 3 is 2.21 bits per heavy atom. The second kappa shape index (κ2) is 7.90. The van der Waals surface area contributed by atoms with Gasteiger partial charge >= 0.3 is 12.3 Å². The quantitative estimate of drug-likeness (QED) is 0.581. The molecule has 0 aliphatic heterocycles. The Balaban J connectivity index is 2.41. The summed E-state index contributed by atoms with van der Waals surface area (Å²) >= 11 is 6.03. The molecular formula is C19H17ClF4N2O3. The van der Waals surface area contributed by atoms with Gasteiger partial charge in [0.25, 0.3) is 5.91 Å². The van der Waals surface area contributed by atoms with E-state index in [9.17, 15) is 32.3 Å². The topological polar surface area (TPSA) is 69.6 Å². The molecule has 0 saturated heterocycles. The minimum Gasteiger partial charge on any atom is -0.465 e. The van der Waals surface area contributed by atoms with E-state index in [0.717, 1.165) is 4.90 Å². The van der Waals surface area contributed by atoms with Crippen LogP contribution in [0.1, 0.15) is 36.7 Å². The number of hydrogen-bond acceptors (Lipinski definition) is 2. The van der Waals surface area contributed by atoms with Crippen molar-refractivity contribution in [3.8, 4) is 0 Å². The highest BCUT2D eigenvalue weighted by Gasteiger charge is 2.32. The summed E-state index contributed by atoms with van der Waals surface area (Å²) in [7, 11) is 0. The molecule has 2 aromatic rings. The Kier molecular flexibility index (Phi) is 6.13. The third-order valence-corrected chi connectivity index (χ3v) is 4.14. The molecule has 2 N–H and O–H groups in total. The minimum absolute atomic E-state index is 0.0220. The van der Waals surface area contributed by atoms with Gasteiger partial charge in [-0.15, -0.1) is 0 Å². The Morgan fingerprint density at radius 1 is 1.07 bits per heavy atom. The molecular weight excluding hydrogens is 416 g/mol. The lowest BCUT2D eigenvalue weighted by atomic mass is 10.1. The van der Waals surface area contributed by atoms with Crippen molar-refractivity contribution >= 4 is 35.0 Å². The maximum Gasteiger partial charge on any atom is 0.416 e. The van der Waals surface area contributed by atoms with Crippen LogP contribution in [0.2, 0.25) is 5.02 Å². The molecule has 0 heterocycles. The van der Waals surface area contributed by atoms with Crippen molar-refractivity contribution in [3.63, 3.8) is 0 Å². The van der Waals surface area contributed by atoms with Crippen molar-refractivity contribution < 1.29 is 32.3 Å². The molecule has 5 nitrogen and oxygen atoms in total. The van der Waals surface area contributed by atoms with Crippen LogP contribution in [-0.4, -0.2) is 22.6 Å². The van der Waals surface area contributed by atoms with Crippen LogP contribution in [0.5, 0.6) is 0 Å². The highest BCUT2D eigenvalue weighted by atomic mass is 35.5. The number of carbonyl (C=O) groups excluding carboxylic acids is 1. The van der Waals surface area contributed by atoms with Crippen LogP contribution in [-0.2, 0) is 6.18 Å². The number of rotatable bonds is 3. The Morgan fingerprint density at radius 2 is 1.69 bits per heavy atom. The summed E-state index contributed by atoms with van der Waals surface area (Å²) in [6.45, 7) is 4.96. The van der Waals surface area contributed by atoms with Crippen molar-refractivity contribution in [1.29, 1.82) is 0 Å². The number of carboxylic acid groups (broad SMARTS) is 1. The number of nitrogens with one attached hydrogen (secondary N) is 1. The van der Waals surface area contributed by atoms with E-state index in [2.05, 4.69) is 5.32 Å². The summed E-state index contributed by atoms with van der Waals surface area (Å²) < 4.78 is 52.1. The molecule has 10 heteroatoms. The number of benzene rings is 2. The molecule has 2 aromatic carbocycles. The van der Waals surface area contributed by atoms with E-state index in [1.807, 2.05) is 0 Å². The van der Waals surface area contributed by atoms with E-state index in [0.29, 0.717) is 12.1 Å². The molecule has 0 unspecified atom stereocenters. The van der Waals surface area contributed by atoms with Crippen molar-refractivity contribution in [1.82, 2.24) is 0 Å². The number of carbonyl (C=O) groups is 2. The summed E-state index contributed by atoms with van der Waals surface area (Å²) in [6, 6.07) is 5.46. The summed E-state index contributed by atoms with van der Waals surface area (Å²) in [4.78, 5) is 25.0. The molecule has 0 aromatic heterocycles. The smallest absolute Gasteiger partial charge is 0.416 e. The number of amides is 2. The van der Waals surface area contributed by atoms with Crippen molar-refractivity contribution in [2.75, 3.05) is 10.2 Å². The highest BCUT2D eigenvalue weighted by Crippen LogP contribution is 2.33. The zero-order chi connectivity index (χ0) is 22.1. The molecule has 0 aliphatic carbocycles. The lowest BCUT2D eigenvalue weighted by Crippen LogP contribution is -2.45. The first-order valence-corrected chi connectivity index (χ1v) is 8.60.